The standard InChI is InChI=1S/C80H84N4O28S4.4Na/c85-69-53-29-54(70(86)61(69)37-81-33-45-13-5-1-9-41(45)25-65(81)77(93)94)50(18-22-114(104,105)106)56-31-58(74(90)63(72(56)88)39-83-35-47-15-7-3-11-43(47)27-67(83)79(97)98)52(20-24-116(110,111)112)60-32-59(75(91)64(76(60)92)40-84-36-48-16-8-4-12-44(48)28-68(84)80(99)100)51(19-23-115(107,108)109)57-30-55(49(53)17-21-113(101,102)103)71(87)62(73(57)89)38-82-34-46-14-6-2-10-42(46)26-66(82)78(95)96;;;;/h1-16,29-32,49-52,65-68,85-92H,17-28,33-40H2,(H,93,94)(H,95,96)(H,97,98)(H,99,100)(H,101,102,103)(H,104,105,106)(H,107,108,109)(H,110,111,112);;;;/q;4*+1/p-4/t49?,50?,51?,52?,65-,66-,67-,68-;;;;/m0..../s1. The number of fused-ring (bicyclic) bond motifs is 12. The van der Waals surface area contributed by atoms with Crippen LogP contribution >= 0.6 is 0 Å². The van der Waals surface area contributed by atoms with Crippen LogP contribution in [0.5, 0.6) is 46.0 Å². The molecule has 13 rings (SSSR count). The second kappa shape index (κ2) is 39.0. The minimum atomic E-state index is -5.34. The number of carboxylic acids is 4. The number of benzene rings is 8. The molecule has 0 fully saturated rings. The number of hydrogen-bond donors (Lipinski definition) is 12. The number of hydrogen-bond acceptors (Lipinski definition) is 24. The molecule has 8 aromatic rings. The van der Waals surface area contributed by atoms with Gasteiger partial charge >= 0.3 is 142 Å². The van der Waals surface area contributed by atoms with Crippen molar-refractivity contribution in [1.29, 1.82) is 0 Å². The fourth-order valence-electron chi connectivity index (χ4n) is 17.5. The molecule has 0 saturated carbocycles. The molecule has 8 atom stereocenters. The third-order valence-corrected chi connectivity index (χ3v) is 26.3. The molecule has 0 spiro atoms. The van der Waals surface area contributed by atoms with E-state index in [9.17, 15) is 112 Å². The summed E-state index contributed by atoms with van der Waals surface area (Å²) in [6.45, 7) is -5.03. The Morgan fingerprint density at radius 1 is 0.300 bits per heavy atom. The molecular formula is C80H80N4Na4O28S4. The van der Waals surface area contributed by atoms with E-state index < -0.39 is 300 Å². The molecule has 0 radical (unpaired) electrons. The van der Waals surface area contributed by atoms with Gasteiger partial charge in [-0.05, 0) is 130 Å². The number of aromatic hydroxyl groups is 4. The summed E-state index contributed by atoms with van der Waals surface area (Å²) < 4.78 is 152. The van der Waals surface area contributed by atoms with E-state index in [1.807, 2.05) is 0 Å². The van der Waals surface area contributed by atoms with Crippen molar-refractivity contribution in [2.45, 2.75) is 152 Å². The quantitative estimate of drug-likeness (QED) is 0.0198. The first-order valence-corrected chi connectivity index (χ1v) is 43.2. The normalized spacial score (nSPS) is 20.0. The van der Waals surface area contributed by atoms with Crippen molar-refractivity contribution < 1.29 is 251 Å². The molecule has 616 valence electrons. The molecule has 32 nitrogen and oxygen atoms in total. The fraction of sp³-hybridized carbons (Fsp3) is 0.350. The van der Waals surface area contributed by atoms with Crippen molar-refractivity contribution in [3.63, 3.8) is 0 Å². The van der Waals surface area contributed by atoms with Crippen LogP contribution in [0.25, 0.3) is 0 Å². The Labute approximate surface area is 779 Å². The smallest absolute Gasteiger partial charge is 0.872 e. The summed E-state index contributed by atoms with van der Waals surface area (Å²) in [5, 5.41) is 164. The van der Waals surface area contributed by atoms with Crippen molar-refractivity contribution in [3.05, 3.63) is 233 Å². The van der Waals surface area contributed by atoms with Gasteiger partial charge in [-0.1, -0.05) is 127 Å². The van der Waals surface area contributed by atoms with Crippen LogP contribution in [-0.2, 0) is 138 Å². The van der Waals surface area contributed by atoms with Crippen LogP contribution in [0.2, 0.25) is 0 Å². The number of rotatable bonds is 24. The van der Waals surface area contributed by atoms with Gasteiger partial charge in [0.05, 0.1) is 28.6 Å². The molecule has 0 saturated heterocycles. The Balaban J connectivity index is 0.00000410. The van der Waals surface area contributed by atoms with Gasteiger partial charge in [0, 0.05) is 109 Å². The van der Waals surface area contributed by atoms with Gasteiger partial charge in [-0.15, -0.1) is 11.5 Å². The monoisotopic (exact) mass is 1760 g/mol. The van der Waals surface area contributed by atoms with Crippen LogP contribution in [-0.4, -0.2) is 183 Å². The summed E-state index contributed by atoms with van der Waals surface area (Å²) in [4.78, 5) is 59.1. The van der Waals surface area contributed by atoms with E-state index in [-0.39, 0.29) is 170 Å². The zero-order chi connectivity index (χ0) is 83.7. The third-order valence-electron chi connectivity index (χ3n) is 23.3. The van der Waals surface area contributed by atoms with Crippen molar-refractivity contribution >= 4 is 64.3 Å². The van der Waals surface area contributed by atoms with Crippen molar-refractivity contribution in [2.24, 2.45) is 0 Å². The van der Waals surface area contributed by atoms with Crippen molar-refractivity contribution in [1.82, 2.24) is 19.6 Å². The summed E-state index contributed by atoms with van der Waals surface area (Å²) in [6.07, 6.45) is -5.50. The number of nitrogens with zero attached hydrogens (tertiary/aromatic N) is 4. The van der Waals surface area contributed by atoms with E-state index in [0.717, 1.165) is 24.3 Å². The molecular weight excluding hydrogens is 1690 g/mol. The van der Waals surface area contributed by atoms with E-state index in [1.165, 1.54) is 19.6 Å². The molecule has 5 aliphatic rings. The largest absolute Gasteiger partial charge is 1.00 e. The van der Waals surface area contributed by atoms with Gasteiger partial charge in [0.25, 0.3) is 40.5 Å². The maximum absolute atomic E-state index is 16.5. The number of aliphatic carboxylic acids is 4. The minimum Gasteiger partial charge on any atom is -0.872 e. The van der Waals surface area contributed by atoms with Crippen LogP contribution in [0.15, 0.2) is 121 Å². The Hall–Kier alpha value is -6.48. The first kappa shape index (κ1) is 97.3. The van der Waals surface area contributed by atoms with Crippen molar-refractivity contribution in [3.8, 4) is 46.0 Å². The van der Waals surface area contributed by atoms with E-state index in [2.05, 4.69) is 0 Å². The molecule has 12 N–H and O–H groups in total. The molecule has 120 heavy (non-hydrogen) atoms. The van der Waals surface area contributed by atoms with Gasteiger partial charge in [-0.2, -0.15) is 33.7 Å². The van der Waals surface area contributed by atoms with Gasteiger partial charge in [-0.25, -0.2) is 0 Å². The topological polar surface area (TPSA) is 553 Å². The summed E-state index contributed by atoms with van der Waals surface area (Å²) in [5.41, 5.74) is -5.49. The predicted octanol–water partition coefficient (Wildman–Crippen LogP) is -7.18. The Morgan fingerprint density at radius 3 is 0.708 bits per heavy atom. The van der Waals surface area contributed by atoms with E-state index in [0.29, 0.717) is 44.5 Å². The maximum Gasteiger partial charge on any atom is 1.00 e. The van der Waals surface area contributed by atoms with Crippen molar-refractivity contribution in [2.75, 3.05) is 23.0 Å². The summed E-state index contributed by atoms with van der Waals surface area (Å²) in [7, 11) is -21.4. The summed E-state index contributed by atoms with van der Waals surface area (Å²) >= 11 is 0. The maximum atomic E-state index is 16.5. The van der Waals surface area contributed by atoms with E-state index in [4.69, 9.17) is 0 Å². The van der Waals surface area contributed by atoms with Gasteiger partial charge in [-0.3, -0.25) is 57.0 Å². The summed E-state index contributed by atoms with van der Waals surface area (Å²) in [6, 6.07) is 23.0. The van der Waals surface area contributed by atoms with Crippen LogP contribution in [0.1, 0.15) is 161 Å². The average Bonchev–Trinajstić information content (AvgIpc) is 0.731. The van der Waals surface area contributed by atoms with Gasteiger partial charge < -0.3 is 61.3 Å². The second-order valence-corrected chi connectivity index (χ2v) is 36.6. The van der Waals surface area contributed by atoms with E-state index in [1.54, 1.807) is 97.1 Å². The Bertz CT molecular complexity index is 5000. The fourth-order valence-corrected chi connectivity index (χ4v) is 19.6. The molecule has 4 aliphatic heterocycles. The molecule has 40 heteroatoms. The van der Waals surface area contributed by atoms with Gasteiger partial charge in [0.15, 0.2) is 0 Å². The van der Waals surface area contributed by atoms with Crippen LogP contribution in [0, 0.1) is 0 Å². The zero-order valence-corrected chi connectivity index (χ0v) is 76.9. The van der Waals surface area contributed by atoms with Crippen LogP contribution in [0.4, 0.5) is 0 Å². The molecule has 4 heterocycles. The van der Waals surface area contributed by atoms with Crippen LogP contribution in [0.3, 0.4) is 0 Å². The number of phenols is 4. The number of phenolic OH excluding ortho intramolecular Hbond substituents is 4. The zero-order valence-electron chi connectivity index (χ0n) is 65.6. The predicted molar refractivity (Wildman–Crippen MR) is 405 cm³/mol. The molecule has 8 aromatic carbocycles. The van der Waals surface area contributed by atoms with Crippen LogP contribution < -0.4 is 139 Å². The van der Waals surface area contributed by atoms with Gasteiger partial charge in [0.2, 0.25) is 0 Å². The average molecular weight is 1770 g/mol. The third kappa shape index (κ3) is 21.2. The number of carbonyl (C=O) groups is 4. The molecule has 8 bridgehead atoms. The molecule has 4 unspecified atom stereocenters. The first-order valence-electron chi connectivity index (χ1n) is 36.8. The molecule has 1 aliphatic carbocycles. The number of carboxylic acid groups (broad SMARTS) is 4. The van der Waals surface area contributed by atoms with Gasteiger partial charge in [0.1, 0.15) is 47.2 Å². The van der Waals surface area contributed by atoms with E-state index >= 15 is 20.4 Å². The second-order valence-electron chi connectivity index (χ2n) is 30.3. The molecule has 0 aromatic heterocycles. The molecule has 0 amide bonds. The first-order chi connectivity index (χ1) is 54.6. The minimum absolute atomic E-state index is 0. The Morgan fingerprint density at radius 2 is 0.483 bits per heavy atom. The Kier molecular flexibility index (Phi) is 31.6. The SMILES string of the molecule is O=C(O)[C@@H]1Cc2ccccc2CN1Cc1c([O-])c2cc(c1[O-])C(CCS(=O)(=O)O)c1cc(c([O-])c(CN3Cc4ccccc4C[C@H]3C(=O)O)c1O)C(CCS(=O)(=O)O)c1cc(c(O)c(CN3Cc4ccccc4C[C@H]3C(=O)O)c1O)C(CCS(=O)(=O)O)c1cc(c(O)c(CN3Cc4ccccc4C[C@H]3C(=O)O)c1[O-])C2CCS(=O)(=O)O.[Na+].[Na+].[Na+].[Na+]. The summed E-state index contributed by atoms with van der Waals surface area (Å²) in [5.74, 6) is -30.6.